The highest BCUT2D eigenvalue weighted by Crippen LogP contribution is 2.29. The molecule has 10 heteroatoms. The molecule has 0 saturated carbocycles. The third-order valence-electron chi connectivity index (χ3n) is 6.05. The molecule has 0 spiro atoms. The Kier molecular flexibility index (Phi) is 7.80. The van der Waals surface area contributed by atoms with Gasteiger partial charge in [0.25, 0.3) is 0 Å². The van der Waals surface area contributed by atoms with E-state index in [9.17, 15) is 14.7 Å². The molecule has 3 aromatic rings. The fraction of sp³-hybridized carbons (Fsp3) is 0.480. The summed E-state index contributed by atoms with van der Waals surface area (Å²) in [6, 6.07) is 5.69. The van der Waals surface area contributed by atoms with Crippen LogP contribution in [0, 0.1) is 13.8 Å². The number of anilines is 1. The third-order valence-corrected chi connectivity index (χ3v) is 7.05. The molecule has 9 nitrogen and oxygen atoms in total. The smallest absolute Gasteiger partial charge is 0.413 e. The zero-order chi connectivity index (χ0) is 24.9. The van der Waals surface area contributed by atoms with Crippen LogP contribution in [-0.2, 0) is 28.8 Å². The van der Waals surface area contributed by atoms with E-state index in [1.165, 1.54) is 16.2 Å². The molecule has 1 aliphatic rings. The number of ether oxygens (including phenoxy) is 1. The molecule has 0 aromatic carbocycles. The molecule has 4 heterocycles. The minimum Gasteiger partial charge on any atom is -0.466 e. The van der Waals surface area contributed by atoms with Crippen LogP contribution in [0.2, 0.25) is 0 Å². The first-order valence-corrected chi connectivity index (χ1v) is 12.9. The molecule has 1 N–H and O–H groups in total. The lowest BCUT2D eigenvalue weighted by Crippen LogP contribution is -2.35. The number of carboxylic acid groups (broad SMARTS) is 1. The number of nitrogens with zero attached hydrogens (tertiary/aromatic N) is 5. The summed E-state index contributed by atoms with van der Waals surface area (Å²) < 4.78 is 7.06. The number of carbonyl (C=O) groups excluding carboxylic acids is 1. The van der Waals surface area contributed by atoms with Gasteiger partial charge in [0, 0.05) is 23.3 Å². The number of aromatic nitrogens is 4. The van der Waals surface area contributed by atoms with Crippen LogP contribution in [0.25, 0.3) is 0 Å². The Morgan fingerprint density at radius 3 is 2.71 bits per heavy atom. The topological polar surface area (TPSA) is 110 Å². The predicted octanol–water partition coefficient (Wildman–Crippen LogP) is 4.50. The van der Waals surface area contributed by atoms with Gasteiger partial charge in [0.15, 0.2) is 0 Å². The van der Waals surface area contributed by atoms with Crippen molar-refractivity contribution in [2.24, 2.45) is 0 Å². The van der Waals surface area contributed by atoms with Crippen molar-refractivity contribution in [3.63, 3.8) is 0 Å². The van der Waals surface area contributed by atoms with Crippen molar-refractivity contribution in [1.29, 1.82) is 0 Å². The molecule has 0 fully saturated rings. The van der Waals surface area contributed by atoms with E-state index in [-0.39, 0.29) is 18.4 Å². The van der Waals surface area contributed by atoms with E-state index in [4.69, 9.17) is 9.72 Å². The summed E-state index contributed by atoms with van der Waals surface area (Å²) in [5.74, 6) is 0.305. The predicted molar refractivity (Wildman–Crippen MR) is 133 cm³/mol. The van der Waals surface area contributed by atoms with Crippen molar-refractivity contribution >= 4 is 29.2 Å². The quantitative estimate of drug-likeness (QED) is 0.433. The van der Waals surface area contributed by atoms with Gasteiger partial charge in [-0.25, -0.2) is 14.8 Å². The summed E-state index contributed by atoms with van der Waals surface area (Å²) >= 11 is 1.53. The summed E-state index contributed by atoms with van der Waals surface area (Å²) in [6.07, 6.45) is 3.24. The zero-order valence-corrected chi connectivity index (χ0v) is 21.2. The number of hydrogen-bond donors (Lipinski definition) is 1. The molecule has 0 radical (unpaired) electrons. The average Bonchev–Trinajstić information content (AvgIpc) is 3.42. The van der Waals surface area contributed by atoms with E-state index >= 15 is 0 Å². The summed E-state index contributed by atoms with van der Waals surface area (Å²) in [5, 5.41) is 16.9. The largest absolute Gasteiger partial charge is 0.466 e. The lowest BCUT2D eigenvalue weighted by atomic mass is 10.0. The number of esters is 1. The van der Waals surface area contributed by atoms with Gasteiger partial charge in [0.2, 0.25) is 0 Å². The molecule has 0 bridgehead atoms. The van der Waals surface area contributed by atoms with E-state index < -0.39 is 6.09 Å². The second-order valence-corrected chi connectivity index (χ2v) is 9.64. The molecular formula is C25H31N5O4S. The molecule has 3 aromatic heterocycles. The fourth-order valence-corrected chi connectivity index (χ4v) is 5.40. The Bertz CT molecular complexity index is 1200. The minimum absolute atomic E-state index is 0.182. The van der Waals surface area contributed by atoms with Crippen LogP contribution in [0.15, 0.2) is 23.6 Å². The molecule has 1 unspecified atom stereocenters. The molecular weight excluding hydrogens is 466 g/mol. The first kappa shape index (κ1) is 24.8. The lowest BCUT2D eigenvalue weighted by molar-refractivity contribution is -0.143. The molecule has 1 amide bonds. The number of amides is 1. The molecule has 0 saturated heterocycles. The zero-order valence-electron chi connectivity index (χ0n) is 20.4. The summed E-state index contributed by atoms with van der Waals surface area (Å²) in [6.45, 7) is 6.54. The Morgan fingerprint density at radius 1 is 1.20 bits per heavy atom. The van der Waals surface area contributed by atoms with Gasteiger partial charge < -0.3 is 9.84 Å². The van der Waals surface area contributed by atoms with E-state index in [1.807, 2.05) is 42.1 Å². The number of hydrogen-bond acceptors (Lipinski definition) is 7. The number of aryl methyl sites for hydroxylation is 5. The highest BCUT2D eigenvalue weighted by Gasteiger charge is 2.25. The van der Waals surface area contributed by atoms with Crippen molar-refractivity contribution in [3.8, 4) is 0 Å². The van der Waals surface area contributed by atoms with E-state index in [0.717, 1.165) is 65.5 Å². The Hall–Kier alpha value is -3.27. The standard InChI is InChI=1S/C25H31N5O4S/c1-4-34-22(31)14-21(30-17(3)13-16(2)28-30)24-27-20(15-35-24)9-5-8-19-11-10-18-7-6-12-29(25(32)33)23(18)26-19/h10-11,13,15,21H,4-9,12,14H2,1-3H3,(H,32,33). The number of pyridine rings is 1. The summed E-state index contributed by atoms with van der Waals surface area (Å²) in [4.78, 5) is 34.7. The van der Waals surface area contributed by atoms with Gasteiger partial charge in [-0.1, -0.05) is 6.07 Å². The highest BCUT2D eigenvalue weighted by molar-refractivity contribution is 7.09. The second-order valence-electron chi connectivity index (χ2n) is 8.75. The van der Waals surface area contributed by atoms with Crippen LogP contribution < -0.4 is 4.90 Å². The maximum Gasteiger partial charge on any atom is 0.413 e. The average molecular weight is 498 g/mol. The Morgan fingerprint density at radius 2 is 2.00 bits per heavy atom. The molecule has 4 rings (SSSR count). The fourth-order valence-electron chi connectivity index (χ4n) is 4.46. The summed E-state index contributed by atoms with van der Waals surface area (Å²) in [7, 11) is 0. The van der Waals surface area contributed by atoms with Crippen LogP contribution in [0.1, 0.15) is 65.6 Å². The first-order valence-electron chi connectivity index (χ1n) is 12.0. The van der Waals surface area contributed by atoms with Gasteiger partial charge in [0.1, 0.15) is 16.9 Å². The lowest BCUT2D eigenvalue weighted by Gasteiger charge is -2.26. The van der Waals surface area contributed by atoms with Crippen LogP contribution in [0.5, 0.6) is 0 Å². The third kappa shape index (κ3) is 5.87. The van der Waals surface area contributed by atoms with Crippen LogP contribution in [0.3, 0.4) is 0 Å². The number of carbonyl (C=O) groups is 2. The van der Waals surface area contributed by atoms with Gasteiger partial charge in [-0.2, -0.15) is 5.10 Å². The maximum atomic E-state index is 12.3. The minimum atomic E-state index is -0.953. The van der Waals surface area contributed by atoms with Crippen molar-refractivity contribution in [2.45, 2.75) is 65.3 Å². The molecule has 35 heavy (non-hydrogen) atoms. The Balaban J connectivity index is 1.43. The number of fused-ring (bicyclic) bond motifs is 1. The van der Waals surface area contributed by atoms with Gasteiger partial charge in [-0.15, -0.1) is 11.3 Å². The van der Waals surface area contributed by atoms with E-state index in [2.05, 4.69) is 10.1 Å². The van der Waals surface area contributed by atoms with Crippen molar-refractivity contribution in [3.05, 3.63) is 56.9 Å². The molecule has 0 aliphatic carbocycles. The van der Waals surface area contributed by atoms with Crippen molar-refractivity contribution < 1.29 is 19.4 Å². The van der Waals surface area contributed by atoms with Crippen molar-refractivity contribution in [1.82, 2.24) is 19.7 Å². The van der Waals surface area contributed by atoms with Crippen LogP contribution >= 0.6 is 11.3 Å². The van der Waals surface area contributed by atoms with Crippen molar-refractivity contribution in [2.75, 3.05) is 18.1 Å². The van der Waals surface area contributed by atoms with Gasteiger partial charge in [-0.3, -0.25) is 14.4 Å². The van der Waals surface area contributed by atoms with Gasteiger partial charge in [0.05, 0.1) is 24.4 Å². The van der Waals surface area contributed by atoms with Crippen LogP contribution in [0.4, 0.5) is 10.6 Å². The second kappa shape index (κ2) is 11.0. The highest BCUT2D eigenvalue weighted by atomic mass is 32.1. The molecule has 1 aliphatic heterocycles. The van der Waals surface area contributed by atoms with Crippen LogP contribution in [-0.4, -0.2) is 50.1 Å². The maximum absolute atomic E-state index is 12.3. The normalized spacial score (nSPS) is 14.0. The molecule has 186 valence electrons. The Labute approximate surface area is 208 Å². The van der Waals surface area contributed by atoms with E-state index in [1.54, 1.807) is 6.92 Å². The van der Waals surface area contributed by atoms with Gasteiger partial charge >= 0.3 is 12.1 Å². The summed E-state index contributed by atoms with van der Waals surface area (Å²) in [5.41, 5.74) is 4.71. The SMILES string of the molecule is CCOC(=O)CC(c1nc(CCCc2ccc3c(n2)N(C(=O)O)CCC3)cs1)n1nc(C)cc1C. The van der Waals surface area contributed by atoms with Gasteiger partial charge in [-0.05, 0) is 70.6 Å². The monoisotopic (exact) mass is 497 g/mol. The number of rotatable bonds is 9. The molecule has 1 atom stereocenters. The van der Waals surface area contributed by atoms with E-state index in [0.29, 0.717) is 19.0 Å². The first-order chi connectivity index (χ1) is 16.9. The number of thiazole rings is 1.